The van der Waals surface area contributed by atoms with E-state index in [1.807, 2.05) is 24.5 Å². The monoisotopic (exact) mass is 322 g/mol. The number of benzene rings is 1. The van der Waals surface area contributed by atoms with Crippen molar-refractivity contribution in [3.8, 4) is 0 Å². The van der Waals surface area contributed by atoms with Crippen molar-refractivity contribution in [2.75, 3.05) is 16.9 Å². The zero-order chi connectivity index (χ0) is 14.8. The third-order valence-electron chi connectivity index (χ3n) is 3.27. The molecule has 4 nitrogen and oxygen atoms in total. The molecule has 2 heterocycles. The van der Waals surface area contributed by atoms with Crippen LogP contribution in [0.5, 0.6) is 0 Å². The zero-order valence-corrected chi connectivity index (χ0v) is 13.1. The van der Waals surface area contributed by atoms with E-state index in [-0.39, 0.29) is 5.91 Å². The minimum atomic E-state index is 0.00552. The maximum Gasteiger partial charge on any atom is 0.228 e. The summed E-state index contributed by atoms with van der Waals surface area (Å²) in [7, 11) is 0. The molecule has 0 saturated carbocycles. The van der Waals surface area contributed by atoms with E-state index >= 15 is 0 Å². The highest BCUT2D eigenvalue weighted by Gasteiger charge is 2.19. The van der Waals surface area contributed by atoms with Crippen molar-refractivity contribution in [3.63, 3.8) is 0 Å². The van der Waals surface area contributed by atoms with Gasteiger partial charge in [0.05, 0.1) is 29.4 Å². The van der Waals surface area contributed by atoms with Gasteiger partial charge in [0, 0.05) is 5.69 Å². The van der Waals surface area contributed by atoms with Crippen LogP contribution in [0.4, 0.5) is 11.4 Å². The number of amides is 1. The molecule has 0 unspecified atom stereocenters. The highest BCUT2D eigenvalue weighted by Crippen LogP contribution is 2.33. The Morgan fingerprint density at radius 3 is 3.00 bits per heavy atom. The van der Waals surface area contributed by atoms with Crippen molar-refractivity contribution in [2.24, 2.45) is 0 Å². The van der Waals surface area contributed by atoms with Crippen molar-refractivity contribution in [1.29, 1.82) is 0 Å². The molecule has 1 amide bonds. The number of carbonyl (C=O) groups is 1. The van der Waals surface area contributed by atoms with Crippen LogP contribution in [0.25, 0.3) is 0 Å². The van der Waals surface area contributed by atoms with Gasteiger partial charge in [0.1, 0.15) is 11.5 Å². The number of furan rings is 1. The molecule has 0 spiro atoms. The second-order valence-corrected chi connectivity index (χ2v) is 6.14. The summed E-state index contributed by atoms with van der Waals surface area (Å²) in [6.07, 6.45) is 2.44. The van der Waals surface area contributed by atoms with E-state index in [0.717, 1.165) is 34.2 Å². The summed E-state index contributed by atoms with van der Waals surface area (Å²) in [6.45, 7) is 0.564. The van der Waals surface area contributed by atoms with Gasteiger partial charge in [-0.1, -0.05) is 11.6 Å². The highest BCUT2D eigenvalue weighted by atomic mass is 35.5. The maximum atomic E-state index is 11.4. The lowest BCUT2D eigenvalue weighted by Crippen LogP contribution is -2.03. The molecule has 3 rings (SSSR count). The number of anilines is 2. The van der Waals surface area contributed by atoms with Gasteiger partial charge < -0.3 is 15.1 Å². The SMILES string of the molecule is CSCc1ccc(CNc2cc3c(cc2Cl)NC(=O)C3)o1. The molecule has 1 aliphatic rings. The Kier molecular flexibility index (Phi) is 4.12. The van der Waals surface area contributed by atoms with Crippen LogP contribution < -0.4 is 10.6 Å². The van der Waals surface area contributed by atoms with Crippen molar-refractivity contribution in [2.45, 2.75) is 18.7 Å². The quantitative estimate of drug-likeness (QED) is 0.876. The van der Waals surface area contributed by atoms with Crippen LogP contribution in [-0.4, -0.2) is 12.2 Å². The Morgan fingerprint density at radius 2 is 2.19 bits per heavy atom. The van der Waals surface area contributed by atoms with Gasteiger partial charge in [0.2, 0.25) is 5.91 Å². The number of hydrogen-bond donors (Lipinski definition) is 2. The zero-order valence-electron chi connectivity index (χ0n) is 11.5. The number of carbonyl (C=O) groups excluding carboxylic acids is 1. The first-order chi connectivity index (χ1) is 10.2. The van der Waals surface area contributed by atoms with Gasteiger partial charge in [-0.05, 0) is 36.1 Å². The molecular formula is C15H15ClN2O2S. The molecule has 2 N–H and O–H groups in total. The van der Waals surface area contributed by atoms with Gasteiger partial charge in [0.25, 0.3) is 0 Å². The summed E-state index contributed by atoms with van der Waals surface area (Å²) >= 11 is 7.95. The molecule has 110 valence electrons. The molecule has 1 aliphatic heterocycles. The van der Waals surface area contributed by atoms with Crippen LogP contribution in [0.1, 0.15) is 17.1 Å². The Balaban J connectivity index is 1.70. The van der Waals surface area contributed by atoms with Crippen LogP contribution in [-0.2, 0) is 23.5 Å². The van der Waals surface area contributed by atoms with E-state index < -0.39 is 0 Å². The van der Waals surface area contributed by atoms with Crippen molar-refractivity contribution >= 4 is 40.6 Å². The first kappa shape index (κ1) is 14.4. The summed E-state index contributed by atoms with van der Waals surface area (Å²) in [5.74, 6) is 2.71. The van der Waals surface area contributed by atoms with Crippen LogP contribution in [0, 0.1) is 0 Å². The molecule has 0 saturated heterocycles. The summed E-state index contributed by atoms with van der Waals surface area (Å²) < 4.78 is 5.70. The lowest BCUT2D eigenvalue weighted by molar-refractivity contribution is -0.115. The number of rotatable bonds is 5. The largest absolute Gasteiger partial charge is 0.463 e. The van der Waals surface area contributed by atoms with Gasteiger partial charge in [-0.25, -0.2) is 0 Å². The van der Waals surface area contributed by atoms with E-state index in [1.165, 1.54) is 0 Å². The average molecular weight is 323 g/mol. The lowest BCUT2D eigenvalue weighted by atomic mass is 10.1. The Morgan fingerprint density at radius 1 is 1.38 bits per heavy atom. The van der Waals surface area contributed by atoms with Gasteiger partial charge in [-0.15, -0.1) is 0 Å². The standard InChI is InChI=1S/C15H15ClN2O2S/c1-21-8-11-3-2-10(20-11)7-17-14-4-9-5-15(19)18-13(9)6-12(14)16/h2-4,6,17H,5,7-8H2,1H3,(H,18,19). The second-order valence-electron chi connectivity index (χ2n) is 4.87. The molecule has 0 bridgehead atoms. The van der Waals surface area contributed by atoms with Crippen LogP contribution in [0.2, 0.25) is 5.02 Å². The van der Waals surface area contributed by atoms with Crippen LogP contribution in [0.3, 0.4) is 0 Å². The topological polar surface area (TPSA) is 54.3 Å². The molecule has 0 aliphatic carbocycles. The predicted molar refractivity (Wildman–Crippen MR) is 87.0 cm³/mol. The average Bonchev–Trinajstić information content (AvgIpc) is 3.02. The molecule has 2 aromatic rings. The lowest BCUT2D eigenvalue weighted by Gasteiger charge is -2.09. The van der Waals surface area contributed by atoms with Crippen molar-refractivity contribution < 1.29 is 9.21 Å². The first-order valence-corrected chi connectivity index (χ1v) is 8.35. The second kappa shape index (κ2) is 6.03. The Bertz CT molecular complexity index is 684. The summed E-state index contributed by atoms with van der Waals surface area (Å²) in [5.41, 5.74) is 2.58. The molecule has 6 heteroatoms. The van der Waals surface area contributed by atoms with E-state index in [1.54, 1.807) is 17.8 Å². The number of hydrogen-bond acceptors (Lipinski definition) is 4. The number of halogens is 1. The molecule has 0 fully saturated rings. The van der Waals surface area contributed by atoms with Gasteiger partial charge in [-0.2, -0.15) is 11.8 Å². The number of fused-ring (bicyclic) bond motifs is 1. The van der Waals surface area contributed by atoms with Crippen LogP contribution in [0.15, 0.2) is 28.7 Å². The molecule has 1 aromatic carbocycles. The Hall–Kier alpha value is -1.59. The third kappa shape index (κ3) is 3.19. The predicted octanol–water partition coefficient (Wildman–Crippen LogP) is 3.90. The van der Waals surface area contributed by atoms with Crippen molar-refractivity contribution in [3.05, 3.63) is 46.4 Å². The molecular weight excluding hydrogens is 308 g/mol. The maximum absolute atomic E-state index is 11.4. The fourth-order valence-corrected chi connectivity index (χ4v) is 2.97. The molecule has 21 heavy (non-hydrogen) atoms. The summed E-state index contributed by atoms with van der Waals surface area (Å²) in [5, 5.41) is 6.63. The van der Waals surface area contributed by atoms with Crippen LogP contribution >= 0.6 is 23.4 Å². The van der Waals surface area contributed by atoms with E-state index in [4.69, 9.17) is 16.0 Å². The summed E-state index contributed by atoms with van der Waals surface area (Å²) in [4.78, 5) is 11.4. The molecule has 1 aromatic heterocycles. The van der Waals surface area contributed by atoms with Gasteiger partial charge >= 0.3 is 0 Å². The first-order valence-electron chi connectivity index (χ1n) is 6.58. The van der Waals surface area contributed by atoms with E-state index in [9.17, 15) is 4.79 Å². The Labute approximate surface area is 132 Å². The van der Waals surface area contributed by atoms with Crippen molar-refractivity contribution in [1.82, 2.24) is 0 Å². The number of thioether (sulfide) groups is 1. The molecule has 0 radical (unpaired) electrons. The van der Waals surface area contributed by atoms with Gasteiger partial charge in [-0.3, -0.25) is 4.79 Å². The fraction of sp³-hybridized carbons (Fsp3) is 0.267. The smallest absolute Gasteiger partial charge is 0.228 e. The third-order valence-corrected chi connectivity index (χ3v) is 4.16. The van der Waals surface area contributed by atoms with E-state index in [2.05, 4.69) is 10.6 Å². The summed E-state index contributed by atoms with van der Waals surface area (Å²) in [6, 6.07) is 7.65. The minimum absolute atomic E-state index is 0.00552. The minimum Gasteiger partial charge on any atom is -0.463 e. The van der Waals surface area contributed by atoms with E-state index in [0.29, 0.717) is 18.0 Å². The number of nitrogens with one attached hydrogen (secondary N) is 2. The highest BCUT2D eigenvalue weighted by molar-refractivity contribution is 7.97. The normalized spacial score (nSPS) is 13.1. The van der Waals surface area contributed by atoms with Gasteiger partial charge in [0.15, 0.2) is 0 Å². The fourth-order valence-electron chi connectivity index (χ4n) is 2.30. The molecule has 0 atom stereocenters.